The van der Waals surface area contributed by atoms with E-state index in [1.54, 1.807) is 6.08 Å². The van der Waals surface area contributed by atoms with Crippen LogP contribution in [0.4, 0.5) is 8.78 Å². The topological polar surface area (TPSA) is 85.2 Å². The van der Waals surface area contributed by atoms with E-state index in [2.05, 4.69) is 0 Å². The normalized spacial score (nSPS) is 27.9. The van der Waals surface area contributed by atoms with E-state index in [0.717, 1.165) is 50.3 Å². The number of carbonyl (C=O) groups excluding carboxylic acids is 1. The van der Waals surface area contributed by atoms with E-state index in [0.29, 0.717) is 32.0 Å². The van der Waals surface area contributed by atoms with Gasteiger partial charge in [0.05, 0.1) is 18.8 Å². The van der Waals surface area contributed by atoms with Crippen LogP contribution >= 0.6 is 0 Å². The predicted molar refractivity (Wildman–Crippen MR) is 122 cm³/mol. The van der Waals surface area contributed by atoms with Crippen molar-refractivity contribution in [3.05, 3.63) is 42.0 Å². The highest BCUT2D eigenvalue weighted by Crippen LogP contribution is 2.42. The Balaban J connectivity index is 1.46. The van der Waals surface area contributed by atoms with E-state index in [4.69, 9.17) is 14.2 Å². The van der Waals surface area contributed by atoms with Crippen molar-refractivity contribution in [2.75, 3.05) is 19.8 Å². The van der Waals surface area contributed by atoms with E-state index in [1.807, 2.05) is 6.92 Å². The SMILES string of the molecule is CCCOC(=O)CCC[C@H]1CC[C@@H]2[C@@H](/C=C/[C@@H](O)COc3cc(F)ccc3F)[C@H](O)C[C@@H]2OC1. The van der Waals surface area contributed by atoms with Crippen molar-refractivity contribution in [1.82, 2.24) is 0 Å². The van der Waals surface area contributed by atoms with Gasteiger partial charge in [-0.05, 0) is 56.1 Å². The summed E-state index contributed by atoms with van der Waals surface area (Å²) < 4.78 is 43.4. The monoisotopic (exact) mass is 482 g/mol. The highest BCUT2D eigenvalue weighted by Gasteiger charge is 2.43. The Bertz CT molecular complexity index is 816. The molecule has 1 aliphatic heterocycles. The predicted octanol–water partition coefficient (Wildman–Crippen LogP) is 4.18. The van der Waals surface area contributed by atoms with Crippen LogP contribution in [0.1, 0.15) is 51.9 Å². The van der Waals surface area contributed by atoms with Crippen LogP contribution in [-0.4, -0.2) is 54.3 Å². The maximum absolute atomic E-state index is 13.7. The van der Waals surface area contributed by atoms with E-state index in [-0.39, 0.29) is 36.3 Å². The molecule has 1 aromatic rings. The van der Waals surface area contributed by atoms with Gasteiger partial charge in [-0.1, -0.05) is 19.1 Å². The fourth-order valence-corrected chi connectivity index (χ4v) is 4.84. The number of aliphatic hydroxyl groups excluding tert-OH is 2. The Morgan fingerprint density at radius 3 is 2.94 bits per heavy atom. The summed E-state index contributed by atoms with van der Waals surface area (Å²) in [5.74, 6) is -1.38. The number of ether oxygens (including phenoxy) is 3. The maximum atomic E-state index is 13.7. The van der Waals surface area contributed by atoms with Gasteiger partial charge in [-0.25, -0.2) is 8.78 Å². The maximum Gasteiger partial charge on any atom is 0.305 e. The molecule has 2 aliphatic rings. The lowest BCUT2D eigenvalue weighted by atomic mass is 9.86. The van der Waals surface area contributed by atoms with Crippen molar-refractivity contribution in [3.63, 3.8) is 0 Å². The van der Waals surface area contributed by atoms with E-state index in [1.165, 1.54) is 6.08 Å². The summed E-state index contributed by atoms with van der Waals surface area (Å²) in [5, 5.41) is 20.8. The van der Waals surface area contributed by atoms with Crippen LogP contribution in [0.15, 0.2) is 30.4 Å². The molecule has 6 atom stereocenters. The van der Waals surface area contributed by atoms with Gasteiger partial charge in [0.15, 0.2) is 11.6 Å². The Morgan fingerprint density at radius 2 is 2.15 bits per heavy atom. The molecule has 0 radical (unpaired) electrons. The van der Waals surface area contributed by atoms with Gasteiger partial charge < -0.3 is 24.4 Å². The molecule has 6 nitrogen and oxygen atoms in total. The molecule has 0 spiro atoms. The number of hydrogen-bond donors (Lipinski definition) is 2. The highest BCUT2D eigenvalue weighted by atomic mass is 19.1. The van der Waals surface area contributed by atoms with Crippen LogP contribution in [0.2, 0.25) is 0 Å². The zero-order valence-electron chi connectivity index (χ0n) is 19.7. The van der Waals surface area contributed by atoms with Crippen molar-refractivity contribution in [2.24, 2.45) is 17.8 Å². The molecular weight excluding hydrogens is 446 g/mol. The van der Waals surface area contributed by atoms with Gasteiger partial charge in [0.1, 0.15) is 18.5 Å². The molecule has 1 saturated carbocycles. The first-order chi connectivity index (χ1) is 16.4. The molecule has 0 amide bonds. The summed E-state index contributed by atoms with van der Waals surface area (Å²) in [6, 6.07) is 2.90. The lowest BCUT2D eigenvalue weighted by Crippen LogP contribution is -2.22. The minimum atomic E-state index is -1.03. The summed E-state index contributed by atoms with van der Waals surface area (Å²) >= 11 is 0. The number of hydrogen-bond acceptors (Lipinski definition) is 6. The standard InChI is InChI=1S/C26H36F2O6/c1-2-12-32-26(31)5-3-4-17-6-9-21-20(23(30)14-24(21)33-15-17)10-8-19(29)16-34-25-13-18(27)7-11-22(25)28/h7-8,10-11,13,17,19-21,23-24,29-30H,2-6,9,12,14-16H2,1H3/b10-8+/t17-,19+,20+,21+,23+,24-/m0/s1. The number of benzene rings is 1. The first kappa shape index (κ1) is 26.6. The van der Waals surface area contributed by atoms with Crippen molar-refractivity contribution in [3.8, 4) is 5.75 Å². The van der Waals surface area contributed by atoms with Gasteiger partial charge in [-0.15, -0.1) is 0 Å². The molecule has 0 aromatic heterocycles. The second-order valence-corrected chi connectivity index (χ2v) is 9.31. The summed E-state index contributed by atoms with van der Waals surface area (Å²) in [4.78, 5) is 11.7. The van der Waals surface area contributed by atoms with E-state index in [9.17, 15) is 23.8 Å². The zero-order chi connectivity index (χ0) is 24.5. The molecule has 1 saturated heterocycles. The minimum Gasteiger partial charge on any atom is -0.487 e. The van der Waals surface area contributed by atoms with Gasteiger partial charge in [0.25, 0.3) is 0 Å². The number of aliphatic hydroxyl groups is 2. The fraction of sp³-hybridized carbons (Fsp3) is 0.654. The number of halogens is 2. The van der Waals surface area contributed by atoms with Crippen molar-refractivity contribution >= 4 is 5.97 Å². The van der Waals surface area contributed by atoms with Crippen LogP contribution < -0.4 is 4.74 Å². The molecule has 2 N–H and O–H groups in total. The second kappa shape index (κ2) is 13.2. The van der Waals surface area contributed by atoms with Gasteiger partial charge in [-0.2, -0.15) is 0 Å². The summed E-state index contributed by atoms with van der Waals surface area (Å²) in [6.45, 7) is 2.82. The lowest BCUT2D eigenvalue weighted by Gasteiger charge is -2.21. The molecule has 34 heavy (non-hydrogen) atoms. The fourth-order valence-electron chi connectivity index (χ4n) is 4.84. The largest absolute Gasteiger partial charge is 0.487 e. The van der Waals surface area contributed by atoms with Crippen LogP contribution in [-0.2, 0) is 14.3 Å². The third-order valence-electron chi connectivity index (χ3n) is 6.66. The molecule has 0 bridgehead atoms. The number of rotatable bonds is 11. The minimum absolute atomic E-state index is 0.0426. The van der Waals surface area contributed by atoms with Gasteiger partial charge in [0.2, 0.25) is 0 Å². The molecule has 2 fully saturated rings. The Morgan fingerprint density at radius 1 is 1.32 bits per heavy atom. The summed E-state index contributed by atoms with van der Waals surface area (Å²) in [6.07, 6.45) is 6.99. The number of fused-ring (bicyclic) bond motifs is 1. The average molecular weight is 483 g/mol. The van der Waals surface area contributed by atoms with Crippen molar-refractivity contribution in [2.45, 2.75) is 70.2 Å². The number of esters is 1. The third-order valence-corrected chi connectivity index (χ3v) is 6.66. The molecule has 0 unspecified atom stereocenters. The smallest absolute Gasteiger partial charge is 0.305 e. The van der Waals surface area contributed by atoms with Crippen molar-refractivity contribution in [1.29, 1.82) is 0 Å². The van der Waals surface area contributed by atoms with E-state index >= 15 is 0 Å². The van der Waals surface area contributed by atoms with Crippen LogP contribution in [0.5, 0.6) is 5.75 Å². The summed E-state index contributed by atoms with van der Waals surface area (Å²) in [5.41, 5.74) is 0. The lowest BCUT2D eigenvalue weighted by molar-refractivity contribution is -0.143. The van der Waals surface area contributed by atoms with Gasteiger partial charge in [0, 0.05) is 31.4 Å². The quantitative estimate of drug-likeness (QED) is 0.364. The van der Waals surface area contributed by atoms with Gasteiger partial charge >= 0.3 is 5.97 Å². The van der Waals surface area contributed by atoms with Crippen LogP contribution in [0.25, 0.3) is 0 Å². The Kier molecular flexibility index (Phi) is 10.3. The third kappa shape index (κ3) is 7.75. The first-order valence-electron chi connectivity index (χ1n) is 12.3. The average Bonchev–Trinajstić information content (AvgIpc) is 2.98. The Hall–Kier alpha value is -2.03. The molecule has 190 valence electrons. The van der Waals surface area contributed by atoms with Crippen LogP contribution in [0.3, 0.4) is 0 Å². The molecule has 1 aliphatic carbocycles. The van der Waals surface area contributed by atoms with Gasteiger partial charge in [-0.3, -0.25) is 4.79 Å². The number of carbonyl (C=O) groups is 1. The molecule has 8 heteroatoms. The van der Waals surface area contributed by atoms with Crippen molar-refractivity contribution < 1.29 is 38.0 Å². The summed E-state index contributed by atoms with van der Waals surface area (Å²) in [7, 11) is 0. The van der Waals surface area contributed by atoms with Crippen LogP contribution in [0, 0.1) is 29.4 Å². The zero-order valence-corrected chi connectivity index (χ0v) is 19.7. The Labute approximate surface area is 199 Å². The highest BCUT2D eigenvalue weighted by molar-refractivity contribution is 5.69. The molecule has 1 heterocycles. The second-order valence-electron chi connectivity index (χ2n) is 9.31. The molecular formula is C26H36F2O6. The van der Waals surface area contributed by atoms with E-state index < -0.39 is 23.8 Å². The first-order valence-corrected chi connectivity index (χ1v) is 12.3. The molecule has 1 aromatic carbocycles. The molecule has 3 rings (SSSR count).